The van der Waals surface area contributed by atoms with Gasteiger partial charge in [-0.25, -0.2) is 28.1 Å². The third-order valence-corrected chi connectivity index (χ3v) is 6.52. The number of alkyl halides is 2. The van der Waals surface area contributed by atoms with E-state index in [9.17, 15) is 18.0 Å². The van der Waals surface area contributed by atoms with E-state index < -0.39 is 23.8 Å². The lowest BCUT2D eigenvalue weighted by Crippen LogP contribution is -2.36. The molecular formula is C25H28F3N5O. The summed E-state index contributed by atoms with van der Waals surface area (Å²) in [5, 5.41) is 3.88. The monoisotopic (exact) mass is 471 g/mol. The number of carbonyl (C=O) groups excluding carboxylic acids is 1. The number of nitrogens with one attached hydrogen (secondary N) is 1. The Kier molecular flexibility index (Phi) is 6.72. The van der Waals surface area contributed by atoms with Crippen LogP contribution in [0.2, 0.25) is 0 Å². The zero-order valence-corrected chi connectivity index (χ0v) is 19.7. The van der Waals surface area contributed by atoms with Gasteiger partial charge >= 0.3 is 0 Å². The fourth-order valence-corrected chi connectivity index (χ4v) is 4.65. The molecule has 1 N–H and O–H groups in total. The SMILES string of the molecule is CC(=O)N1CCC(c2cc3c(NC(C)c4cccc(C(F)F)c4F)nc(C)nc3nc2C)CC1. The van der Waals surface area contributed by atoms with Crippen LogP contribution in [-0.2, 0) is 4.79 Å². The first-order valence-electron chi connectivity index (χ1n) is 11.4. The summed E-state index contributed by atoms with van der Waals surface area (Å²) in [6.07, 6.45) is -1.21. The van der Waals surface area contributed by atoms with Gasteiger partial charge in [-0.2, -0.15) is 0 Å². The first kappa shape index (κ1) is 23.9. The van der Waals surface area contributed by atoms with E-state index in [1.165, 1.54) is 12.1 Å². The number of anilines is 1. The summed E-state index contributed by atoms with van der Waals surface area (Å²) in [4.78, 5) is 27.2. The molecule has 0 bridgehead atoms. The first-order chi connectivity index (χ1) is 16.2. The number of hydrogen-bond donors (Lipinski definition) is 1. The summed E-state index contributed by atoms with van der Waals surface area (Å²) in [6, 6.07) is 5.42. The molecule has 1 saturated heterocycles. The number of fused-ring (bicyclic) bond motifs is 1. The highest BCUT2D eigenvalue weighted by atomic mass is 19.3. The van der Waals surface area contributed by atoms with Gasteiger partial charge in [-0.3, -0.25) is 4.79 Å². The number of likely N-dealkylation sites (tertiary alicyclic amines) is 1. The van der Waals surface area contributed by atoms with Crippen LogP contribution in [0.4, 0.5) is 19.0 Å². The summed E-state index contributed by atoms with van der Waals surface area (Å²) in [5.74, 6) is 0.392. The lowest BCUT2D eigenvalue weighted by molar-refractivity contribution is -0.129. The Morgan fingerprint density at radius 1 is 1.12 bits per heavy atom. The molecule has 4 rings (SSSR count). The number of nitrogens with zero attached hydrogens (tertiary/aromatic N) is 4. The molecule has 6 nitrogen and oxygen atoms in total. The molecule has 3 heterocycles. The molecule has 9 heteroatoms. The number of aryl methyl sites for hydroxylation is 2. The van der Waals surface area contributed by atoms with Gasteiger partial charge < -0.3 is 10.2 Å². The quantitative estimate of drug-likeness (QED) is 0.523. The van der Waals surface area contributed by atoms with Crippen LogP contribution in [0.1, 0.15) is 73.3 Å². The van der Waals surface area contributed by atoms with Crippen molar-refractivity contribution in [1.29, 1.82) is 0 Å². The summed E-state index contributed by atoms with van der Waals surface area (Å²) in [7, 11) is 0. The van der Waals surface area contributed by atoms with E-state index in [2.05, 4.69) is 15.3 Å². The summed E-state index contributed by atoms with van der Waals surface area (Å²) in [6.45, 7) is 8.38. The van der Waals surface area contributed by atoms with E-state index in [4.69, 9.17) is 4.98 Å². The number of piperidine rings is 1. The molecule has 1 unspecified atom stereocenters. The standard InChI is InChI=1S/C25H28F3N5O/c1-13(18-6-5-7-19(22(18)26)23(27)28)29-24-21-12-20(14(2)30-25(21)32-15(3)31-24)17-8-10-33(11-9-17)16(4)34/h5-7,12-13,17,23H,8-11H2,1-4H3,(H,29,30,31,32). The summed E-state index contributed by atoms with van der Waals surface area (Å²) >= 11 is 0. The Balaban J connectivity index is 1.69. The first-order valence-corrected chi connectivity index (χ1v) is 11.4. The summed E-state index contributed by atoms with van der Waals surface area (Å²) in [5.41, 5.74) is 1.99. The van der Waals surface area contributed by atoms with Gasteiger partial charge in [0.1, 0.15) is 17.5 Å². The average Bonchev–Trinajstić information content (AvgIpc) is 2.78. The van der Waals surface area contributed by atoms with Crippen LogP contribution in [0.3, 0.4) is 0 Å². The van der Waals surface area contributed by atoms with Crippen LogP contribution >= 0.6 is 0 Å². The minimum absolute atomic E-state index is 0.0827. The predicted molar refractivity (Wildman–Crippen MR) is 124 cm³/mol. The lowest BCUT2D eigenvalue weighted by atomic mass is 9.88. The second kappa shape index (κ2) is 9.56. The Morgan fingerprint density at radius 2 is 1.79 bits per heavy atom. The molecule has 1 amide bonds. The molecule has 1 aromatic carbocycles. The van der Waals surface area contributed by atoms with Gasteiger partial charge in [-0.1, -0.05) is 18.2 Å². The molecule has 0 radical (unpaired) electrons. The van der Waals surface area contributed by atoms with Crippen LogP contribution in [0.5, 0.6) is 0 Å². The maximum absolute atomic E-state index is 14.7. The molecule has 180 valence electrons. The summed E-state index contributed by atoms with van der Waals surface area (Å²) < 4.78 is 41.1. The van der Waals surface area contributed by atoms with Gasteiger partial charge in [0, 0.05) is 31.3 Å². The Bertz CT molecular complexity index is 1220. The molecule has 1 atom stereocenters. The third-order valence-electron chi connectivity index (χ3n) is 6.52. The van der Waals surface area contributed by atoms with Crippen LogP contribution in [0.15, 0.2) is 24.3 Å². The highest BCUT2D eigenvalue weighted by Gasteiger charge is 2.25. The van der Waals surface area contributed by atoms with Gasteiger partial charge in [0.2, 0.25) is 5.91 Å². The van der Waals surface area contributed by atoms with E-state index in [1.807, 2.05) is 17.9 Å². The highest BCUT2D eigenvalue weighted by Crippen LogP contribution is 2.34. The second-order valence-corrected chi connectivity index (χ2v) is 8.85. The fraction of sp³-hybridized carbons (Fsp3) is 0.440. The van der Waals surface area contributed by atoms with E-state index >= 15 is 0 Å². The number of amides is 1. The van der Waals surface area contributed by atoms with E-state index in [1.54, 1.807) is 20.8 Å². The molecule has 1 aliphatic heterocycles. The fourth-order valence-electron chi connectivity index (χ4n) is 4.65. The van der Waals surface area contributed by atoms with Crippen molar-refractivity contribution < 1.29 is 18.0 Å². The smallest absolute Gasteiger partial charge is 0.266 e. The van der Waals surface area contributed by atoms with Crippen molar-refractivity contribution in [3.8, 4) is 0 Å². The van der Waals surface area contributed by atoms with Gasteiger partial charge in [0.05, 0.1) is 17.0 Å². The van der Waals surface area contributed by atoms with Crippen LogP contribution in [0.25, 0.3) is 11.0 Å². The zero-order chi connectivity index (χ0) is 24.6. The molecule has 1 fully saturated rings. The number of aromatic nitrogens is 3. The topological polar surface area (TPSA) is 71.0 Å². The Labute approximate surface area is 196 Å². The Morgan fingerprint density at radius 3 is 2.44 bits per heavy atom. The van der Waals surface area contributed by atoms with Crippen molar-refractivity contribution in [3.05, 3.63) is 58.3 Å². The number of pyridine rings is 1. The van der Waals surface area contributed by atoms with Crippen molar-refractivity contribution in [3.63, 3.8) is 0 Å². The number of benzene rings is 1. The molecule has 3 aromatic rings. The zero-order valence-electron chi connectivity index (χ0n) is 19.7. The van der Waals surface area contributed by atoms with Crippen molar-refractivity contribution in [2.75, 3.05) is 18.4 Å². The van der Waals surface area contributed by atoms with Crippen molar-refractivity contribution >= 4 is 22.8 Å². The number of halogens is 3. The molecule has 0 spiro atoms. The van der Waals surface area contributed by atoms with Crippen molar-refractivity contribution in [2.45, 2.75) is 58.9 Å². The number of carbonyl (C=O) groups is 1. The van der Waals surface area contributed by atoms with E-state index in [0.29, 0.717) is 35.8 Å². The maximum Gasteiger partial charge on any atom is 0.266 e. The molecule has 34 heavy (non-hydrogen) atoms. The number of hydrogen-bond acceptors (Lipinski definition) is 5. The molecule has 2 aromatic heterocycles. The van der Waals surface area contributed by atoms with Gasteiger partial charge in [0.25, 0.3) is 6.43 Å². The largest absolute Gasteiger partial charge is 0.363 e. The van der Waals surface area contributed by atoms with Gasteiger partial charge in [-0.05, 0) is 51.2 Å². The van der Waals surface area contributed by atoms with Crippen molar-refractivity contribution in [1.82, 2.24) is 19.9 Å². The molecule has 0 aliphatic carbocycles. The Hall–Kier alpha value is -3.23. The minimum atomic E-state index is -2.89. The van der Waals surface area contributed by atoms with Crippen molar-refractivity contribution in [2.24, 2.45) is 0 Å². The average molecular weight is 472 g/mol. The van der Waals surface area contributed by atoms with Crippen LogP contribution in [-0.4, -0.2) is 38.8 Å². The molecular weight excluding hydrogens is 443 g/mol. The molecule has 1 aliphatic rings. The predicted octanol–water partition coefficient (Wildman–Crippen LogP) is 5.62. The van der Waals surface area contributed by atoms with Gasteiger partial charge in [-0.15, -0.1) is 0 Å². The third kappa shape index (κ3) is 4.69. The van der Waals surface area contributed by atoms with Gasteiger partial charge in [0.15, 0.2) is 5.65 Å². The minimum Gasteiger partial charge on any atom is -0.363 e. The highest BCUT2D eigenvalue weighted by molar-refractivity contribution is 5.87. The van der Waals surface area contributed by atoms with E-state index in [0.717, 1.165) is 30.2 Å². The maximum atomic E-state index is 14.7. The van der Waals surface area contributed by atoms with Crippen LogP contribution < -0.4 is 5.32 Å². The molecule has 0 saturated carbocycles. The van der Waals surface area contributed by atoms with Crippen LogP contribution in [0, 0.1) is 19.7 Å². The lowest BCUT2D eigenvalue weighted by Gasteiger charge is -2.32. The van der Waals surface area contributed by atoms with E-state index in [-0.39, 0.29) is 17.4 Å². The second-order valence-electron chi connectivity index (χ2n) is 8.85. The normalized spacial score (nSPS) is 15.7. The number of rotatable bonds is 5.